The first kappa shape index (κ1) is 17.8. The number of rotatable bonds is 4. The van der Waals surface area contributed by atoms with Crippen LogP contribution in [-0.4, -0.2) is 25.5 Å². The molecule has 2 aromatic heterocycles. The van der Waals surface area contributed by atoms with Gasteiger partial charge in [-0.05, 0) is 31.2 Å². The minimum Gasteiger partial charge on any atom is -0.306 e. The summed E-state index contributed by atoms with van der Waals surface area (Å²) in [6.07, 6.45) is 3.22. The molecule has 1 N–H and O–H groups in total. The highest BCUT2D eigenvalue weighted by molar-refractivity contribution is 6.03. The molecule has 26 heavy (non-hydrogen) atoms. The van der Waals surface area contributed by atoms with E-state index in [0.717, 1.165) is 5.69 Å². The average molecular weight is 355 g/mol. The highest BCUT2D eigenvalue weighted by Crippen LogP contribution is 2.26. The number of hydrogen-bond acceptors (Lipinski definition) is 3. The summed E-state index contributed by atoms with van der Waals surface area (Å²) in [7, 11) is 0. The van der Waals surface area contributed by atoms with Crippen LogP contribution in [0.1, 0.15) is 43.7 Å². The van der Waals surface area contributed by atoms with E-state index in [1.54, 1.807) is 27.7 Å². The van der Waals surface area contributed by atoms with Gasteiger partial charge in [0.2, 0.25) is 0 Å². The molecular weight excluding hydrogens is 333 g/mol. The van der Waals surface area contributed by atoms with Crippen LogP contribution < -0.4 is 5.32 Å². The van der Waals surface area contributed by atoms with Crippen molar-refractivity contribution in [3.63, 3.8) is 0 Å². The Morgan fingerprint density at radius 3 is 2.50 bits per heavy atom. The Kier molecular flexibility index (Phi) is 4.63. The molecule has 0 saturated carbocycles. The molecule has 136 valence electrons. The Morgan fingerprint density at radius 1 is 1.23 bits per heavy atom. The van der Waals surface area contributed by atoms with Gasteiger partial charge >= 0.3 is 0 Å². The molecule has 3 aromatic rings. The number of aryl methyl sites for hydroxylation is 1. The predicted molar refractivity (Wildman–Crippen MR) is 98.1 cm³/mol. The molecule has 0 saturated heterocycles. The van der Waals surface area contributed by atoms with Gasteiger partial charge in [0, 0.05) is 24.2 Å². The maximum atomic E-state index is 13.3. The van der Waals surface area contributed by atoms with Crippen molar-refractivity contribution in [1.29, 1.82) is 0 Å². The number of halogens is 1. The van der Waals surface area contributed by atoms with Crippen LogP contribution in [-0.2, 0) is 12.0 Å². The molecule has 6 nitrogen and oxygen atoms in total. The van der Waals surface area contributed by atoms with E-state index in [1.807, 2.05) is 33.8 Å². The van der Waals surface area contributed by atoms with Crippen LogP contribution in [0.4, 0.5) is 10.2 Å². The van der Waals surface area contributed by atoms with Crippen LogP contribution in [0.3, 0.4) is 0 Å². The maximum absolute atomic E-state index is 13.3. The van der Waals surface area contributed by atoms with Gasteiger partial charge in [-0.1, -0.05) is 20.8 Å². The SMILES string of the molecule is CCn1cc(C(=O)Nc2cc(C(C)(C)C)nn2-c2ccc(F)cc2)cn1. The third kappa shape index (κ3) is 3.66. The van der Waals surface area contributed by atoms with E-state index in [4.69, 9.17) is 0 Å². The fourth-order valence-electron chi connectivity index (χ4n) is 2.46. The highest BCUT2D eigenvalue weighted by atomic mass is 19.1. The Morgan fingerprint density at radius 2 is 1.92 bits per heavy atom. The molecule has 2 heterocycles. The summed E-state index contributed by atoms with van der Waals surface area (Å²) in [6.45, 7) is 8.77. The second-order valence-corrected chi connectivity index (χ2v) is 7.09. The van der Waals surface area contributed by atoms with E-state index in [1.165, 1.54) is 18.3 Å². The summed E-state index contributed by atoms with van der Waals surface area (Å²) < 4.78 is 16.6. The van der Waals surface area contributed by atoms with Gasteiger partial charge in [-0.3, -0.25) is 9.48 Å². The van der Waals surface area contributed by atoms with E-state index in [0.29, 0.717) is 23.6 Å². The molecule has 0 spiro atoms. The summed E-state index contributed by atoms with van der Waals surface area (Å²) in [5.41, 5.74) is 1.76. The van der Waals surface area contributed by atoms with Gasteiger partial charge in [0.15, 0.2) is 0 Å². The second-order valence-electron chi connectivity index (χ2n) is 7.09. The number of aromatic nitrogens is 4. The fourth-order valence-corrected chi connectivity index (χ4v) is 2.46. The van der Waals surface area contributed by atoms with Crippen molar-refractivity contribution in [3.05, 3.63) is 59.8 Å². The van der Waals surface area contributed by atoms with Crippen LogP contribution >= 0.6 is 0 Å². The number of carbonyl (C=O) groups is 1. The van der Waals surface area contributed by atoms with Crippen molar-refractivity contribution in [2.45, 2.75) is 39.7 Å². The summed E-state index contributed by atoms with van der Waals surface area (Å²) >= 11 is 0. The molecule has 0 aliphatic carbocycles. The zero-order valence-electron chi connectivity index (χ0n) is 15.3. The molecule has 0 bridgehead atoms. The molecule has 1 aromatic carbocycles. The van der Waals surface area contributed by atoms with E-state index in [-0.39, 0.29) is 17.1 Å². The summed E-state index contributed by atoms with van der Waals surface area (Å²) in [5.74, 6) is -0.0706. The lowest BCUT2D eigenvalue weighted by molar-refractivity contribution is 0.102. The van der Waals surface area contributed by atoms with Crippen molar-refractivity contribution >= 4 is 11.7 Å². The lowest BCUT2D eigenvalue weighted by atomic mass is 9.92. The van der Waals surface area contributed by atoms with E-state index in [9.17, 15) is 9.18 Å². The minimum atomic E-state index is -0.325. The Labute approximate surface area is 151 Å². The van der Waals surface area contributed by atoms with Crippen LogP contribution in [0, 0.1) is 5.82 Å². The Balaban J connectivity index is 1.97. The summed E-state index contributed by atoms with van der Waals surface area (Å²) in [4.78, 5) is 12.6. The zero-order chi connectivity index (χ0) is 18.9. The van der Waals surface area contributed by atoms with Gasteiger partial charge in [0.25, 0.3) is 5.91 Å². The molecule has 7 heteroatoms. The van der Waals surface area contributed by atoms with Gasteiger partial charge in [0.1, 0.15) is 11.6 Å². The topological polar surface area (TPSA) is 64.7 Å². The summed E-state index contributed by atoms with van der Waals surface area (Å²) in [5, 5.41) is 11.6. The molecule has 0 atom stereocenters. The second kappa shape index (κ2) is 6.74. The Bertz CT molecular complexity index is 918. The first-order valence-electron chi connectivity index (χ1n) is 8.48. The molecule has 0 unspecified atom stereocenters. The molecule has 0 radical (unpaired) electrons. The molecule has 0 aliphatic rings. The molecular formula is C19H22FN5O. The first-order chi connectivity index (χ1) is 12.3. The van der Waals surface area contributed by atoms with Crippen molar-refractivity contribution in [2.24, 2.45) is 0 Å². The van der Waals surface area contributed by atoms with E-state index < -0.39 is 0 Å². The fraction of sp³-hybridized carbons (Fsp3) is 0.316. The smallest absolute Gasteiger partial charge is 0.260 e. The number of nitrogens with one attached hydrogen (secondary N) is 1. The number of carbonyl (C=O) groups excluding carboxylic acids is 1. The maximum Gasteiger partial charge on any atom is 0.260 e. The third-order valence-electron chi connectivity index (χ3n) is 4.01. The number of anilines is 1. The van der Waals surface area contributed by atoms with Crippen LogP contribution in [0.25, 0.3) is 5.69 Å². The number of benzene rings is 1. The normalized spacial score (nSPS) is 11.6. The van der Waals surface area contributed by atoms with E-state index in [2.05, 4.69) is 15.5 Å². The molecule has 1 amide bonds. The van der Waals surface area contributed by atoms with Crippen LogP contribution in [0.5, 0.6) is 0 Å². The average Bonchev–Trinajstić information content (AvgIpc) is 3.22. The van der Waals surface area contributed by atoms with Gasteiger partial charge < -0.3 is 5.32 Å². The predicted octanol–water partition coefficient (Wildman–Crippen LogP) is 3.78. The minimum absolute atomic E-state index is 0.197. The molecule has 3 rings (SSSR count). The zero-order valence-corrected chi connectivity index (χ0v) is 15.3. The van der Waals surface area contributed by atoms with Gasteiger partial charge in [0.05, 0.1) is 23.1 Å². The van der Waals surface area contributed by atoms with Gasteiger partial charge in [-0.2, -0.15) is 10.2 Å². The monoisotopic (exact) mass is 355 g/mol. The standard InChI is InChI=1S/C19H22FN5O/c1-5-24-12-13(11-21-24)18(26)22-17-10-16(19(2,3)4)23-25(17)15-8-6-14(20)7-9-15/h6-12H,5H2,1-4H3,(H,22,26). The van der Waals surface area contributed by atoms with Crippen LogP contribution in [0.2, 0.25) is 0 Å². The molecule has 0 aliphatic heterocycles. The quantitative estimate of drug-likeness (QED) is 0.775. The lowest BCUT2D eigenvalue weighted by Gasteiger charge is -2.14. The lowest BCUT2D eigenvalue weighted by Crippen LogP contribution is -2.15. The largest absolute Gasteiger partial charge is 0.306 e. The Hall–Kier alpha value is -2.96. The van der Waals surface area contributed by atoms with Crippen molar-refractivity contribution in [3.8, 4) is 5.69 Å². The first-order valence-corrected chi connectivity index (χ1v) is 8.48. The molecule has 0 fully saturated rings. The van der Waals surface area contributed by atoms with Gasteiger partial charge in [-0.25, -0.2) is 9.07 Å². The number of nitrogens with zero attached hydrogens (tertiary/aromatic N) is 4. The highest BCUT2D eigenvalue weighted by Gasteiger charge is 2.22. The van der Waals surface area contributed by atoms with Crippen molar-refractivity contribution in [2.75, 3.05) is 5.32 Å². The van der Waals surface area contributed by atoms with E-state index >= 15 is 0 Å². The number of amides is 1. The third-order valence-corrected chi connectivity index (χ3v) is 4.01. The number of hydrogen-bond donors (Lipinski definition) is 1. The van der Waals surface area contributed by atoms with Gasteiger partial charge in [-0.15, -0.1) is 0 Å². The van der Waals surface area contributed by atoms with Crippen LogP contribution in [0.15, 0.2) is 42.7 Å². The summed E-state index contributed by atoms with van der Waals surface area (Å²) in [6, 6.07) is 7.82. The van der Waals surface area contributed by atoms with Crippen molar-refractivity contribution < 1.29 is 9.18 Å². The van der Waals surface area contributed by atoms with Crippen molar-refractivity contribution in [1.82, 2.24) is 19.6 Å².